The lowest BCUT2D eigenvalue weighted by Crippen LogP contribution is -2.43. The van der Waals surface area contributed by atoms with E-state index < -0.39 is 5.60 Å². The zero-order valence-electron chi connectivity index (χ0n) is 12.5. The summed E-state index contributed by atoms with van der Waals surface area (Å²) in [5, 5.41) is 9.90. The molecule has 0 saturated carbocycles. The Morgan fingerprint density at radius 1 is 1.10 bits per heavy atom. The van der Waals surface area contributed by atoms with E-state index in [1.807, 2.05) is 38.1 Å². The number of aliphatic hydroxyl groups is 1. The molecule has 1 saturated heterocycles. The van der Waals surface area contributed by atoms with Crippen LogP contribution < -0.4 is 9.47 Å². The van der Waals surface area contributed by atoms with Crippen molar-refractivity contribution in [2.24, 2.45) is 0 Å². The lowest BCUT2D eigenvalue weighted by Gasteiger charge is -2.35. The highest BCUT2D eigenvalue weighted by molar-refractivity contribution is 5.31. The molecule has 0 bridgehead atoms. The lowest BCUT2D eigenvalue weighted by molar-refractivity contribution is -0.00768. The van der Waals surface area contributed by atoms with Gasteiger partial charge >= 0.3 is 0 Å². The minimum atomic E-state index is -0.480. The molecule has 112 valence electrons. The van der Waals surface area contributed by atoms with Crippen molar-refractivity contribution < 1.29 is 14.6 Å². The van der Waals surface area contributed by atoms with Crippen LogP contribution in [0.25, 0.3) is 0 Å². The van der Waals surface area contributed by atoms with Gasteiger partial charge in [-0.15, -0.1) is 0 Å². The van der Waals surface area contributed by atoms with Crippen LogP contribution in [0, 0.1) is 0 Å². The van der Waals surface area contributed by atoms with Gasteiger partial charge in [-0.1, -0.05) is 0 Å². The largest absolute Gasteiger partial charge is 0.494 e. The Bertz CT molecular complexity index is 393. The highest BCUT2D eigenvalue weighted by atomic mass is 16.5. The van der Waals surface area contributed by atoms with Crippen LogP contribution in [0.2, 0.25) is 0 Å². The van der Waals surface area contributed by atoms with Crippen LogP contribution in [-0.4, -0.2) is 48.5 Å². The van der Waals surface area contributed by atoms with E-state index in [0.717, 1.165) is 44.0 Å². The first-order valence-corrected chi connectivity index (χ1v) is 7.39. The fourth-order valence-corrected chi connectivity index (χ4v) is 2.35. The van der Waals surface area contributed by atoms with Crippen LogP contribution in [-0.2, 0) is 0 Å². The molecule has 1 heterocycles. The van der Waals surface area contributed by atoms with Crippen molar-refractivity contribution in [2.75, 3.05) is 32.8 Å². The van der Waals surface area contributed by atoms with E-state index in [-0.39, 0.29) is 0 Å². The maximum Gasteiger partial charge on any atom is 0.119 e. The van der Waals surface area contributed by atoms with E-state index in [1.165, 1.54) is 0 Å². The molecule has 0 unspecified atom stereocenters. The molecule has 0 spiro atoms. The van der Waals surface area contributed by atoms with Crippen LogP contribution in [0.3, 0.4) is 0 Å². The fraction of sp³-hybridized carbons (Fsp3) is 0.625. The van der Waals surface area contributed by atoms with Gasteiger partial charge in [0, 0.05) is 19.6 Å². The molecule has 4 nitrogen and oxygen atoms in total. The highest BCUT2D eigenvalue weighted by Crippen LogP contribution is 2.21. The molecule has 0 atom stereocenters. The molecule has 20 heavy (non-hydrogen) atoms. The summed E-state index contributed by atoms with van der Waals surface area (Å²) in [5.74, 6) is 1.75. The predicted molar refractivity (Wildman–Crippen MR) is 79.4 cm³/mol. The van der Waals surface area contributed by atoms with Crippen LogP contribution in [0.5, 0.6) is 11.5 Å². The molecule has 0 aromatic heterocycles. The van der Waals surface area contributed by atoms with Gasteiger partial charge in [0.2, 0.25) is 0 Å². The monoisotopic (exact) mass is 279 g/mol. The van der Waals surface area contributed by atoms with Crippen LogP contribution in [0.1, 0.15) is 26.7 Å². The number of ether oxygens (including phenoxy) is 2. The third-order valence-electron chi connectivity index (χ3n) is 3.74. The van der Waals surface area contributed by atoms with E-state index >= 15 is 0 Å². The van der Waals surface area contributed by atoms with Gasteiger partial charge in [-0.2, -0.15) is 0 Å². The van der Waals surface area contributed by atoms with E-state index in [4.69, 9.17) is 9.47 Å². The van der Waals surface area contributed by atoms with Gasteiger partial charge in [0.1, 0.15) is 18.1 Å². The van der Waals surface area contributed by atoms with Crippen molar-refractivity contribution in [2.45, 2.75) is 32.3 Å². The summed E-state index contributed by atoms with van der Waals surface area (Å²) >= 11 is 0. The van der Waals surface area contributed by atoms with Crippen molar-refractivity contribution in [1.82, 2.24) is 4.90 Å². The van der Waals surface area contributed by atoms with Gasteiger partial charge in [-0.25, -0.2) is 0 Å². The third kappa shape index (κ3) is 4.69. The van der Waals surface area contributed by atoms with Crippen molar-refractivity contribution in [1.29, 1.82) is 0 Å². The number of hydrogen-bond donors (Lipinski definition) is 1. The highest BCUT2D eigenvalue weighted by Gasteiger charge is 2.26. The molecule has 1 N–H and O–H groups in total. The third-order valence-corrected chi connectivity index (χ3v) is 3.74. The number of hydrogen-bond acceptors (Lipinski definition) is 4. The second-order valence-corrected chi connectivity index (χ2v) is 5.59. The maximum absolute atomic E-state index is 9.90. The molecule has 0 amide bonds. The molecule has 0 aliphatic carbocycles. The summed E-state index contributed by atoms with van der Waals surface area (Å²) in [6.07, 6.45) is 1.69. The van der Waals surface area contributed by atoms with Crippen LogP contribution >= 0.6 is 0 Å². The van der Waals surface area contributed by atoms with Crippen molar-refractivity contribution in [3.8, 4) is 11.5 Å². The van der Waals surface area contributed by atoms with Gasteiger partial charge in [-0.05, 0) is 51.0 Å². The molecule has 0 radical (unpaired) electrons. The molecular formula is C16H25NO3. The zero-order chi connectivity index (χ0) is 14.4. The second kappa shape index (κ2) is 6.95. The molecular weight excluding hydrogens is 254 g/mol. The molecule has 2 rings (SSSR count). The Labute approximate surface area is 121 Å². The maximum atomic E-state index is 9.90. The Kier molecular flexibility index (Phi) is 5.26. The first-order valence-electron chi connectivity index (χ1n) is 7.39. The van der Waals surface area contributed by atoms with Gasteiger partial charge in [0.05, 0.1) is 12.2 Å². The summed E-state index contributed by atoms with van der Waals surface area (Å²) in [6.45, 7) is 8.04. The Morgan fingerprint density at radius 2 is 1.65 bits per heavy atom. The van der Waals surface area contributed by atoms with Crippen LogP contribution in [0.4, 0.5) is 0 Å². The Balaban J connectivity index is 1.68. The normalized spacial score (nSPS) is 18.8. The first kappa shape index (κ1) is 15.1. The standard InChI is InChI=1S/C16H25NO3/c1-3-19-14-4-6-15(7-5-14)20-13-12-17-10-8-16(2,18)9-11-17/h4-7,18H,3,8-13H2,1-2H3. The number of piperidine rings is 1. The topological polar surface area (TPSA) is 41.9 Å². The number of likely N-dealkylation sites (tertiary alicyclic amines) is 1. The minimum Gasteiger partial charge on any atom is -0.494 e. The molecule has 1 fully saturated rings. The quantitative estimate of drug-likeness (QED) is 0.867. The van der Waals surface area contributed by atoms with Gasteiger partial charge in [0.25, 0.3) is 0 Å². The Hall–Kier alpha value is -1.26. The fourth-order valence-electron chi connectivity index (χ4n) is 2.35. The van der Waals surface area contributed by atoms with Crippen molar-refractivity contribution in [3.63, 3.8) is 0 Å². The summed E-state index contributed by atoms with van der Waals surface area (Å²) in [5.41, 5.74) is -0.480. The van der Waals surface area contributed by atoms with E-state index in [9.17, 15) is 5.11 Å². The van der Waals surface area contributed by atoms with Crippen molar-refractivity contribution >= 4 is 0 Å². The Morgan fingerprint density at radius 3 is 2.20 bits per heavy atom. The summed E-state index contributed by atoms with van der Waals surface area (Å²) in [4.78, 5) is 2.34. The predicted octanol–water partition coefficient (Wildman–Crippen LogP) is 2.31. The summed E-state index contributed by atoms with van der Waals surface area (Å²) in [6, 6.07) is 7.73. The van der Waals surface area contributed by atoms with E-state index in [0.29, 0.717) is 13.2 Å². The van der Waals surface area contributed by atoms with E-state index in [2.05, 4.69) is 4.90 Å². The smallest absolute Gasteiger partial charge is 0.119 e. The number of nitrogens with zero attached hydrogens (tertiary/aromatic N) is 1. The SMILES string of the molecule is CCOc1ccc(OCCN2CCC(C)(O)CC2)cc1. The van der Waals surface area contributed by atoms with Gasteiger partial charge in [0.15, 0.2) is 0 Å². The molecule has 4 heteroatoms. The zero-order valence-corrected chi connectivity index (χ0v) is 12.5. The molecule has 1 aliphatic rings. The molecule has 1 aliphatic heterocycles. The van der Waals surface area contributed by atoms with Gasteiger partial charge in [-0.3, -0.25) is 4.90 Å². The minimum absolute atomic E-state index is 0.480. The number of benzene rings is 1. The summed E-state index contributed by atoms with van der Waals surface area (Å²) in [7, 11) is 0. The van der Waals surface area contributed by atoms with Crippen LogP contribution in [0.15, 0.2) is 24.3 Å². The average molecular weight is 279 g/mol. The molecule has 1 aromatic carbocycles. The van der Waals surface area contributed by atoms with E-state index in [1.54, 1.807) is 0 Å². The second-order valence-electron chi connectivity index (χ2n) is 5.59. The molecule has 1 aromatic rings. The average Bonchev–Trinajstić information content (AvgIpc) is 2.43. The summed E-state index contributed by atoms with van der Waals surface area (Å²) < 4.78 is 11.1. The van der Waals surface area contributed by atoms with Crippen molar-refractivity contribution in [3.05, 3.63) is 24.3 Å². The van der Waals surface area contributed by atoms with Gasteiger partial charge < -0.3 is 14.6 Å². The lowest BCUT2D eigenvalue weighted by atomic mass is 9.94. The first-order chi connectivity index (χ1) is 9.59. The number of rotatable bonds is 6.